The average Bonchev–Trinajstić information content (AvgIpc) is 2.46. The Bertz CT molecular complexity index is 434. The van der Waals surface area contributed by atoms with Crippen LogP contribution in [-0.2, 0) is 9.53 Å². The number of rotatable bonds is 8. The SMILES string of the molecule is CCOC(=O)CCCC(N)c1ccc(OC)cc1OC. The fourth-order valence-corrected chi connectivity index (χ4v) is 1.98. The molecule has 20 heavy (non-hydrogen) atoms. The molecule has 0 radical (unpaired) electrons. The minimum atomic E-state index is -0.179. The van der Waals surface area contributed by atoms with Gasteiger partial charge in [0.2, 0.25) is 0 Å². The minimum absolute atomic E-state index is 0.176. The smallest absolute Gasteiger partial charge is 0.305 e. The number of carbonyl (C=O) groups is 1. The van der Waals surface area contributed by atoms with Crippen LogP contribution in [0.5, 0.6) is 11.5 Å². The van der Waals surface area contributed by atoms with Crippen LogP contribution < -0.4 is 15.2 Å². The second kappa shape index (κ2) is 8.43. The molecule has 0 saturated carbocycles. The average molecular weight is 281 g/mol. The zero-order valence-electron chi connectivity index (χ0n) is 12.3. The highest BCUT2D eigenvalue weighted by Crippen LogP contribution is 2.30. The Balaban J connectivity index is 2.58. The summed E-state index contributed by atoms with van der Waals surface area (Å²) in [6.07, 6.45) is 1.77. The Hall–Kier alpha value is -1.75. The van der Waals surface area contributed by atoms with Crippen LogP contribution in [0.4, 0.5) is 0 Å². The molecule has 2 N–H and O–H groups in total. The first-order valence-corrected chi connectivity index (χ1v) is 6.75. The quantitative estimate of drug-likeness (QED) is 0.741. The van der Waals surface area contributed by atoms with E-state index < -0.39 is 0 Å². The van der Waals surface area contributed by atoms with Gasteiger partial charge in [0.05, 0.1) is 20.8 Å². The van der Waals surface area contributed by atoms with E-state index in [1.165, 1.54) is 0 Å². The Labute approximate surface area is 120 Å². The van der Waals surface area contributed by atoms with E-state index in [1.54, 1.807) is 27.2 Å². The maximum atomic E-state index is 11.3. The van der Waals surface area contributed by atoms with Gasteiger partial charge in [-0.1, -0.05) is 6.07 Å². The molecular weight excluding hydrogens is 258 g/mol. The molecule has 1 aromatic rings. The summed E-state index contributed by atoms with van der Waals surface area (Å²) in [5, 5.41) is 0. The molecule has 112 valence electrons. The van der Waals surface area contributed by atoms with Crippen LogP contribution in [0.25, 0.3) is 0 Å². The number of carbonyl (C=O) groups excluding carboxylic acids is 1. The Morgan fingerprint density at radius 3 is 2.65 bits per heavy atom. The van der Waals surface area contributed by atoms with Gasteiger partial charge in [-0.2, -0.15) is 0 Å². The Morgan fingerprint density at radius 2 is 2.05 bits per heavy atom. The van der Waals surface area contributed by atoms with Gasteiger partial charge in [0.15, 0.2) is 0 Å². The summed E-state index contributed by atoms with van der Waals surface area (Å²) in [5.74, 6) is 1.25. The first-order chi connectivity index (χ1) is 9.62. The van der Waals surface area contributed by atoms with Crippen molar-refractivity contribution < 1.29 is 19.0 Å². The molecule has 1 atom stereocenters. The maximum Gasteiger partial charge on any atom is 0.305 e. The fraction of sp³-hybridized carbons (Fsp3) is 0.533. The second-order valence-electron chi connectivity index (χ2n) is 4.41. The van der Waals surface area contributed by atoms with E-state index >= 15 is 0 Å². The van der Waals surface area contributed by atoms with Crippen LogP contribution in [0.3, 0.4) is 0 Å². The van der Waals surface area contributed by atoms with Gasteiger partial charge >= 0.3 is 5.97 Å². The summed E-state index contributed by atoms with van der Waals surface area (Å²) in [7, 11) is 3.21. The van der Waals surface area contributed by atoms with Crippen molar-refractivity contribution in [2.75, 3.05) is 20.8 Å². The van der Waals surface area contributed by atoms with Gasteiger partial charge in [-0.15, -0.1) is 0 Å². The lowest BCUT2D eigenvalue weighted by molar-refractivity contribution is -0.143. The van der Waals surface area contributed by atoms with Gasteiger partial charge < -0.3 is 19.9 Å². The van der Waals surface area contributed by atoms with Crippen molar-refractivity contribution in [2.45, 2.75) is 32.2 Å². The largest absolute Gasteiger partial charge is 0.497 e. The summed E-state index contributed by atoms with van der Waals surface area (Å²) < 4.78 is 15.4. The van der Waals surface area contributed by atoms with Crippen LogP contribution in [0.2, 0.25) is 0 Å². The number of hydrogen-bond donors (Lipinski definition) is 1. The molecule has 0 aliphatic rings. The van der Waals surface area contributed by atoms with E-state index in [9.17, 15) is 4.79 Å². The molecule has 1 unspecified atom stereocenters. The molecule has 0 fully saturated rings. The first kappa shape index (κ1) is 16.3. The zero-order chi connectivity index (χ0) is 15.0. The van der Waals surface area contributed by atoms with E-state index in [0.29, 0.717) is 31.6 Å². The number of esters is 1. The van der Waals surface area contributed by atoms with Crippen LogP contribution in [0, 0.1) is 0 Å². The lowest BCUT2D eigenvalue weighted by Crippen LogP contribution is -2.13. The van der Waals surface area contributed by atoms with E-state index in [-0.39, 0.29) is 12.0 Å². The van der Waals surface area contributed by atoms with Crippen molar-refractivity contribution >= 4 is 5.97 Å². The number of benzene rings is 1. The molecule has 0 saturated heterocycles. The highest BCUT2D eigenvalue weighted by molar-refractivity contribution is 5.69. The predicted octanol–water partition coefficient (Wildman–Crippen LogP) is 2.44. The summed E-state index contributed by atoms with van der Waals surface area (Å²) >= 11 is 0. The van der Waals surface area contributed by atoms with Gasteiger partial charge in [-0.05, 0) is 25.8 Å². The number of nitrogens with two attached hydrogens (primary N) is 1. The van der Waals surface area contributed by atoms with E-state index in [2.05, 4.69) is 0 Å². The third-order valence-electron chi connectivity index (χ3n) is 3.04. The molecule has 5 nitrogen and oxygen atoms in total. The third kappa shape index (κ3) is 4.74. The van der Waals surface area contributed by atoms with Crippen LogP contribution in [0.1, 0.15) is 37.8 Å². The molecule has 5 heteroatoms. The van der Waals surface area contributed by atoms with Crippen molar-refractivity contribution in [3.63, 3.8) is 0 Å². The van der Waals surface area contributed by atoms with E-state index in [1.807, 2.05) is 12.1 Å². The molecule has 0 aliphatic carbocycles. The van der Waals surface area contributed by atoms with Crippen LogP contribution >= 0.6 is 0 Å². The summed E-state index contributed by atoms with van der Waals surface area (Å²) in [6, 6.07) is 5.38. The first-order valence-electron chi connectivity index (χ1n) is 6.75. The summed E-state index contributed by atoms with van der Waals surface area (Å²) in [5.41, 5.74) is 7.06. The Kier molecular flexibility index (Phi) is 6.87. The monoisotopic (exact) mass is 281 g/mol. The molecular formula is C15H23NO4. The second-order valence-corrected chi connectivity index (χ2v) is 4.41. The minimum Gasteiger partial charge on any atom is -0.497 e. The van der Waals surface area contributed by atoms with Gasteiger partial charge in [-0.25, -0.2) is 0 Å². The molecule has 0 aromatic heterocycles. The normalized spacial score (nSPS) is 11.8. The summed E-state index contributed by atoms with van der Waals surface area (Å²) in [6.45, 7) is 2.21. The van der Waals surface area contributed by atoms with Crippen molar-refractivity contribution in [1.82, 2.24) is 0 Å². The number of hydrogen-bond acceptors (Lipinski definition) is 5. The molecule has 0 amide bonds. The zero-order valence-corrected chi connectivity index (χ0v) is 12.3. The van der Waals surface area contributed by atoms with Crippen LogP contribution in [0.15, 0.2) is 18.2 Å². The number of methoxy groups -OCH3 is 2. The molecule has 0 spiro atoms. The maximum absolute atomic E-state index is 11.3. The number of ether oxygens (including phenoxy) is 3. The van der Waals surface area contributed by atoms with Crippen molar-refractivity contribution in [3.05, 3.63) is 23.8 Å². The van der Waals surface area contributed by atoms with Crippen molar-refractivity contribution in [2.24, 2.45) is 5.73 Å². The van der Waals surface area contributed by atoms with Gasteiger partial charge in [0.1, 0.15) is 11.5 Å². The highest BCUT2D eigenvalue weighted by Gasteiger charge is 2.13. The lowest BCUT2D eigenvalue weighted by atomic mass is 10.0. The topological polar surface area (TPSA) is 70.8 Å². The van der Waals surface area contributed by atoms with Crippen LogP contribution in [-0.4, -0.2) is 26.8 Å². The summed E-state index contributed by atoms with van der Waals surface area (Å²) in [4.78, 5) is 11.3. The Morgan fingerprint density at radius 1 is 1.30 bits per heavy atom. The highest BCUT2D eigenvalue weighted by atomic mass is 16.5. The predicted molar refractivity (Wildman–Crippen MR) is 77.0 cm³/mol. The molecule has 0 aliphatic heterocycles. The molecule has 1 aromatic carbocycles. The molecule has 0 bridgehead atoms. The van der Waals surface area contributed by atoms with Crippen molar-refractivity contribution in [3.8, 4) is 11.5 Å². The fourth-order valence-electron chi connectivity index (χ4n) is 1.98. The van der Waals surface area contributed by atoms with E-state index in [0.717, 1.165) is 11.3 Å². The molecule has 0 heterocycles. The standard InChI is InChI=1S/C15H23NO4/c1-4-20-15(17)7-5-6-13(16)12-9-8-11(18-2)10-14(12)19-3/h8-10,13H,4-7,16H2,1-3H3. The van der Waals surface area contributed by atoms with Gasteiger partial charge in [0, 0.05) is 24.1 Å². The van der Waals surface area contributed by atoms with Crippen molar-refractivity contribution in [1.29, 1.82) is 0 Å². The van der Waals surface area contributed by atoms with E-state index in [4.69, 9.17) is 19.9 Å². The molecule has 1 rings (SSSR count). The third-order valence-corrected chi connectivity index (χ3v) is 3.04. The lowest BCUT2D eigenvalue weighted by Gasteiger charge is -2.16. The van der Waals surface area contributed by atoms with Gasteiger partial charge in [0.25, 0.3) is 0 Å². The van der Waals surface area contributed by atoms with Gasteiger partial charge in [-0.3, -0.25) is 4.79 Å².